The van der Waals surface area contributed by atoms with Gasteiger partial charge in [-0.25, -0.2) is 4.79 Å². The summed E-state index contributed by atoms with van der Waals surface area (Å²) in [4.78, 5) is 63.4. The molecule has 0 spiro atoms. The number of nitrogens with zero attached hydrogens (tertiary/aromatic N) is 2. The average molecular weight is 551 g/mol. The number of urea groups is 1. The van der Waals surface area contributed by atoms with E-state index in [1.54, 1.807) is 6.07 Å². The molecule has 0 bridgehead atoms. The van der Waals surface area contributed by atoms with Crippen LogP contribution in [0.2, 0.25) is 0 Å². The van der Waals surface area contributed by atoms with Crippen LogP contribution in [0.1, 0.15) is 35.3 Å². The number of imide groups is 1. The zero-order valence-corrected chi connectivity index (χ0v) is 21.2. The van der Waals surface area contributed by atoms with Gasteiger partial charge in [0.15, 0.2) is 17.3 Å². The van der Waals surface area contributed by atoms with E-state index >= 15 is 0 Å². The van der Waals surface area contributed by atoms with Gasteiger partial charge in [-0.1, -0.05) is 12.1 Å². The number of phenols is 1. The fourth-order valence-electron chi connectivity index (χ4n) is 4.90. The Hall–Kier alpha value is -5.24. The first-order valence-electron chi connectivity index (χ1n) is 11.7. The number of ether oxygens (including phenoxy) is 3. The van der Waals surface area contributed by atoms with E-state index in [0.29, 0.717) is 10.5 Å². The number of hydrogen-bond acceptors (Lipinski definition) is 11. The van der Waals surface area contributed by atoms with E-state index in [2.05, 4.69) is 5.32 Å². The molecule has 14 heteroatoms. The summed E-state index contributed by atoms with van der Waals surface area (Å²) in [6.07, 6.45) is -0.516. The van der Waals surface area contributed by atoms with Crippen molar-refractivity contribution in [3.8, 4) is 17.2 Å². The number of carbonyl (C=O) groups is 4. The topological polar surface area (TPSA) is 195 Å². The van der Waals surface area contributed by atoms with Crippen LogP contribution >= 0.6 is 0 Å². The van der Waals surface area contributed by atoms with Crippen LogP contribution in [0, 0.1) is 10.1 Å². The molecule has 2 atom stereocenters. The Morgan fingerprint density at radius 2 is 1.98 bits per heavy atom. The number of aromatic hydroxyl groups is 1. The second-order valence-electron chi connectivity index (χ2n) is 9.28. The number of nitro groups is 1. The Morgan fingerprint density at radius 1 is 1.25 bits per heavy atom. The van der Waals surface area contributed by atoms with Crippen LogP contribution in [0.25, 0.3) is 0 Å². The summed E-state index contributed by atoms with van der Waals surface area (Å²) >= 11 is 0. The molecule has 2 aromatic carbocycles. The molecule has 0 radical (unpaired) electrons. The molecule has 14 nitrogen and oxygen atoms in total. The number of Topliss-reactive ketones (excluding diaryl/α,β-unsaturated/α-hetero) is 2. The monoisotopic (exact) mass is 551 g/mol. The number of hydrogen-bond donors (Lipinski definition) is 3. The minimum absolute atomic E-state index is 0.151. The Balaban J connectivity index is 1.52. The number of aliphatic hydroxyl groups excluding tert-OH is 1. The third-order valence-electron chi connectivity index (χ3n) is 6.84. The number of fused-ring (bicyclic) bond motifs is 5. The van der Waals surface area contributed by atoms with E-state index in [4.69, 9.17) is 14.2 Å². The van der Waals surface area contributed by atoms with Crippen molar-refractivity contribution in [2.24, 2.45) is 0 Å². The maximum Gasteiger partial charge on any atom is 0.329 e. The van der Waals surface area contributed by atoms with Gasteiger partial charge in [-0.15, -0.1) is 0 Å². The van der Waals surface area contributed by atoms with Crippen molar-refractivity contribution in [3.63, 3.8) is 0 Å². The minimum atomic E-state index is -1.77. The number of methoxy groups -OCH3 is 1. The third-order valence-corrected chi connectivity index (χ3v) is 6.84. The standard InChI is InChI=1S/C26H21N3O11/c1-11(30)18-14(31)9-17-26(2,22(18)33)20-15(32)8-16-19(21(20)40-17)23(34)28(25(38-3)39-16)24(35)27-10-12-5-4-6-13(7-12)29(36)37/h4-9,25,31-32H,10H2,1-3H3,(H,27,35)/t25?,26-/m1/s1. The number of nitrogens with one attached hydrogen (secondary N) is 1. The van der Waals surface area contributed by atoms with Gasteiger partial charge in [-0.05, 0) is 19.4 Å². The van der Waals surface area contributed by atoms with Crippen molar-refractivity contribution in [2.45, 2.75) is 32.2 Å². The van der Waals surface area contributed by atoms with Gasteiger partial charge in [-0.2, -0.15) is 4.90 Å². The summed E-state index contributed by atoms with van der Waals surface area (Å²) in [6.45, 7) is 2.28. The molecule has 3 amide bonds. The lowest BCUT2D eigenvalue weighted by atomic mass is 9.71. The number of amides is 3. The number of nitro benzene ring substituents is 1. The van der Waals surface area contributed by atoms with E-state index in [-0.39, 0.29) is 40.6 Å². The second kappa shape index (κ2) is 9.20. The van der Waals surface area contributed by atoms with Crippen LogP contribution in [-0.4, -0.2) is 57.1 Å². The molecule has 40 heavy (non-hydrogen) atoms. The van der Waals surface area contributed by atoms with Crippen molar-refractivity contribution in [1.82, 2.24) is 10.2 Å². The molecule has 3 N–H and O–H groups in total. The number of allylic oxidation sites excluding steroid dienone is 3. The van der Waals surface area contributed by atoms with Crippen LogP contribution < -0.4 is 14.8 Å². The number of aliphatic hydroxyl groups is 1. The Labute approximate surface area is 225 Å². The zero-order valence-electron chi connectivity index (χ0n) is 21.2. The number of benzene rings is 2. The Morgan fingerprint density at radius 3 is 2.62 bits per heavy atom. The number of ketones is 2. The molecule has 1 unspecified atom stereocenters. The van der Waals surface area contributed by atoms with Gasteiger partial charge >= 0.3 is 6.03 Å². The van der Waals surface area contributed by atoms with Crippen molar-refractivity contribution < 1.29 is 48.5 Å². The van der Waals surface area contributed by atoms with Gasteiger partial charge in [0.25, 0.3) is 18.0 Å². The van der Waals surface area contributed by atoms with Crippen LogP contribution in [0.4, 0.5) is 10.5 Å². The Bertz CT molecular complexity index is 1610. The molecule has 3 aliphatic rings. The second-order valence-corrected chi connectivity index (χ2v) is 9.28. The predicted molar refractivity (Wildman–Crippen MR) is 132 cm³/mol. The van der Waals surface area contributed by atoms with Crippen LogP contribution in [0.15, 0.2) is 53.5 Å². The molecule has 206 valence electrons. The fraction of sp³-hybridized carbons (Fsp3) is 0.231. The van der Waals surface area contributed by atoms with E-state index in [0.717, 1.165) is 19.1 Å². The quantitative estimate of drug-likeness (QED) is 0.281. The molecule has 2 aliphatic heterocycles. The third kappa shape index (κ3) is 3.76. The minimum Gasteiger partial charge on any atom is -0.507 e. The van der Waals surface area contributed by atoms with Gasteiger partial charge in [0.2, 0.25) is 0 Å². The highest BCUT2D eigenvalue weighted by atomic mass is 16.7. The zero-order chi connectivity index (χ0) is 29.1. The fourth-order valence-corrected chi connectivity index (χ4v) is 4.90. The highest BCUT2D eigenvalue weighted by Gasteiger charge is 2.56. The van der Waals surface area contributed by atoms with Gasteiger partial charge in [0.05, 0.1) is 10.5 Å². The lowest BCUT2D eigenvalue weighted by Gasteiger charge is -2.34. The van der Waals surface area contributed by atoms with Crippen molar-refractivity contribution in [2.75, 3.05) is 7.11 Å². The predicted octanol–water partition coefficient (Wildman–Crippen LogP) is 2.49. The van der Waals surface area contributed by atoms with Crippen molar-refractivity contribution in [1.29, 1.82) is 0 Å². The smallest absolute Gasteiger partial charge is 0.329 e. The Kier molecular flexibility index (Phi) is 6.06. The molecule has 0 aromatic heterocycles. The molecule has 1 aliphatic carbocycles. The van der Waals surface area contributed by atoms with E-state index in [1.165, 1.54) is 32.2 Å². The summed E-state index contributed by atoms with van der Waals surface area (Å²) in [5, 5.41) is 34.7. The first kappa shape index (κ1) is 26.4. The van der Waals surface area contributed by atoms with Gasteiger partial charge < -0.3 is 29.7 Å². The molecule has 2 aromatic rings. The van der Waals surface area contributed by atoms with E-state index < -0.39 is 57.3 Å². The van der Waals surface area contributed by atoms with Crippen LogP contribution in [0.5, 0.6) is 17.2 Å². The van der Waals surface area contributed by atoms with Crippen molar-refractivity contribution in [3.05, 3.63) is 80.3 Å². The number of phenolic OH excluding ortho intramolecular Hbond substituents is 1. The van der Waals surface area contributed by atoms with Crippen molar-refractivity contribution >= 4 is 29.2 Å². The largest absolute Gasteiger partial charge is 0.507 e. The summed E-state index contributed by atoms with van der Waals surface area (Å²) in [5.41, 5.74) is -2.54. The number of carbonyl (C=O) groups excluding carboxylic acids is 4. The van der Waals surface area contributed by atoms with Gasteiger partial charge in [0.1, 0.15) is 39.6 Å². The highest BCUT2D eigenvalue weighted by Crippen LogP contribution is 2.57. The van der Waals surface area contributed by atoms with Gasteiger partial charge in [-0.3, -0.25) is 24.5 Å². The van der Waals surface area contributed by atoms with Crippen LogP contribution in [-0.2, 0) is 26.3 Å². The molecule has 5 rings (SSSR count). The normalized spacial score (nSPS) is 21.0. The maximum absolute atomic E-state index is 13.7. The average Bonchev–Trinajstić information content (AvgIpc) is 3.20. The van der Waals surface area contributed by atoms with Crippen LogP contribution in [0.3, 0.4) is 0 Å². The summed E-state index contributed by atoms with van der Waals surface area (Å²) in [7, 11) is 1.17. The lowest BCUT2D eigenvalue weighted by Crippen LogP contribution is -2.54. The molecule has 0 saturated carbocycles. The summed E-state index contributed by atoms with van der Waals surface area (Å²) in [6, 6.07) is 5.61. The highest BCUT2D eigenvalue weighted by molar-refractivity contribution is 6.26. The number of rotatable bonds is 5. The first-order valence-corrected chi connectivity index (χ1v) is 11.7. The lowest BCUT2D eigenvalue weighted by molar-refractivity contribution is -0.384. The molecular weight excluding hydrogens is 530 g/mol. The van der Waals surface area contributed by atoms with E-state index in [1.807, 2.05) is 0 Å². The van der Waals surface area contributed by atoms with Gasteiger partial charge in [0, 0.05) is 37.9 Å². The first-order chi connectivity index (χ1) is 18.9. The molecular formula is C26H21N3O11. The number of non-ortho nitro benzene ring substituents is 1. The maximum atomic E-state index is 13.7. The molecule has 0 fully saturated rings. The summed E-state index contributed by atoms with van der Waals surface area (Å²) < 4.78 is 16.6. The molecule has 2 heterocycles. The van der Waals surface area contributed by atoms with E-state index in [9.17, 15) is 39.5 Å². The summed E-state index contributed by atoms with van der Waals surface area (Å²) in [5.74, 6) is -4.32. The molecule has 0 saturated heterocycles. The SMILES string of the molecule is COC1Oc2cc(O)c3c(c2C(=O)N1C(=O)NCc1cccc([N+](=O)[O-])c1)OC1=CC(O)=C(C(C)=O)C(=O)[C@]13C.